The van der Waals surface area contributed by atoms with E-state index in [-0.39, 0.29) is 0 Å². The monoisotopic (exact) mass is 344 g/mol. The van der Waals surface area contributed by atoms with Crippen molar-refractivity contribution in [1.82, 2.24) is 0 Å². The molecule has 25 heavy (non-hydrogen) atoms. The molecule has 0 heterocycles. The quantitative estimate of drug-likeness (QED) is 0.238. The first-order valence-corrected chi connectivity index (χ1v) is 10.8. The van der Waals surface area contributed by atoms with Gasteiger partial charge in [0.05, 0.1) is 0 Å². The maximum absolute atomic E-state index is 9.73. The molecule has 1 aromatic rings. The SMILES string of the molecule is CCCCCCCC/C=C\CCCCCCCCc1ccccc1O. The summed E-state index contributed by atoms with van der Waals surface area (Å²) >= 11 is 0. The first-order chi connectivity index (χ1) is 12.3. The van der Waals surface area contributed by atoms with Gasteiger partial charge in [0.25, 0.3) is 0 Å². The average molecular weight is 345 g/mol. The summed E-state index contributed by atoms with van der Waals surface area (Å²) in [4.78, 5) is 0. The lowest BCUT2D eigenvalue weighted by molar-refractivity contribution is 0.466. The van der Waals surface area contributed by atoms with Gasteiger partial charge in [0.1, 0.15) is 5.75 Å². The van der Waals surface area contributed by atoms with Crippen LogP contribution in [0.3, 0.4) is 0 Å². The lowest BCUT2D eigenvalue weighted by Gasteiger charge is -2.04. The highest BCUT2D eigenvalue weighted by molar-refractivity contribution is 5.31. The number of allylic oxidation sites excluding steroid dienone is 2. The van der Waals surface area contributed by atoms with E-state index in [1.54, 1.807) is 6.07 Å². The Morgan fingerprint density at radius 2 is 1.20 bits per heavy atom. The molecule has 0 unspecified atom stereocenters. The lowest BCUT2D eigenvalue weighted by Crippen LogP contribution is -1.87. The van der Waals surface area contributed by atoms with Gasteiger partial charge >= 0.3 is 0 Å². The smallest absolute Gasteiger partial charge is 0.118 e. The number of rotatable bonds is 16. The fourth-order valence-corrected chi connectivity index (χ4v) is 3.29. The second kappa shape index (κ2) is 16.2. The van der Waals surface area contributed by atoms with Crippen molar-refractivity contribution in [2.24, 2.45) is 0 Å². The van der Waals surface area contributed by atoms with Crippen LogP contribution >= 0.6 is 0 Å². The molecule has 1 rings (SSSR count). The summed E-state index contributed by atoms with van der Waals surface area (Å²) in [5.41, 5.74) is 1.10. The van der Waals surface area contributed by atoms with Gasteiger partial charge in [-0.1, -0.05) is 95.1 Å². The second-order valence-electron chi connectivity index (χ2n) is 7.32. The molecule has 1 aromatic carbocycles. The molecule has 0 fully saturated rings. The van der Waals surface area contributed by atoms with E-state index in [1.165, 1.54) is 89.9 Å². The summed E-state index contributed by atoms with van der Waals surface area (Å²) < 4.78 is 0. The number of phenols is 1. The second-order valence-corrected chi connectivity index (χ2v) is 7.32. The van der Waals surface area contributed by atoms with Crippen molar-refractivity contribution in [2.45, 2.75) is 103 Å². The van der Waals surface area contributed by atoms with Crippen LogP contribution in [0.25, 0.3) is 0 Å². The third-order valence-corrected chi connectivity index (χ3v) is 4.95. The predicted octanol–water partition coefficient (Wildman–Crippen LogP) is 7.97. The molecule has 0 saturated heterocycles. The summed E-state index contributed by atoms with van der Waals surface area (Å²) in [6.07, 6.45) is 24.6. The van der Waals surface area contributed by atoms with Crippen molar-refractivity contribution in [3.63, 3.8) is 0 Å². The van der Waals surface area contributed by atoms with Gasteiger partial charge in [-0.3, -0.25) is 0 Å². The van der Waals surface area contributed by atoms with E-state index >= 15 is 0 Å². The average Bonchev–Trinajstić information content (AvgIpc) is 2.63. The van der Waals surface area contributed by atoms with Gasteiger partial charge in [-0.05, 0) is 50.2 Å². The van der Waals surface area contributed by atoms with Crippen LogP contribution in [-0.2, 0) is 6.42 Å². The van der Waals surface area contributed by atoms with E-state index < -0.39 is 0 Å². The van der Waals surface area contributed by atoms with Gasteiger partial charge in [0, 0.05) is 0 Å². The summed E-state index contributed by atoms with van der Waals surface area (Å²) in [5.74, 6) is 0.454. The van der Waals surface area contributed by atoms with Crippen LogP contribution in [0.2, 0.25) is 0 Å². The normalized spacial score (nSPS) is 11.4. The molecule has 0 amide bonds. The highest BCUT2D eigenvalue weighted by Gasteiger charge is 1.99. The van der Waals surface area contributed by atoms with Crippen molar-refractivity contribution in [3.05, 3.63) is 42.0 Å². The fourth-order valence-electron chi connectivity index (χ4n) is 3.29. The number of benzene rings is 1. The van der Waals surface area contributed by atoms with E-state index in [9.17, 15) is 5.11 Å². The van der Waals surface area contributed by atoms with Gasteiger partial charge in [-0.15, -0.1) is 0 Å². The number of aromatic hydroxyl groups is 1. The maximum atomic E-state index is 9.73. The molecule has 0 aromatic heterocycles. The van der Waals surface area contributed by atoms with Gasteiger partial charge in [-0.25, -0.2) is 0 Å². The van der Waals surface area contributed by atoms with Gasteiger partial charge in [0.15, 0.2) is 0 Å². The number of unbranched alkanes of at least 4 members (excludes halogenated alkanes) is 12. The third kappa shape index (κ3) is 12.7. The Hall–Kier alpha value is -1.24. The van der Waals surface area contributed by atoms with Gasteiger partial charge < -0.3 is 5.11 Å². The van der Waals surface area contributed by atoms with E-state index in [1.807, 2.05) is 18.2 Å². The molecular weight excluding hydrogens is 304 g/mol. The number of hydrogen-bond acceptors (Lipinski definition) is 1. The van der Waals surface area contributed by atoms with Crippen LogP contribution in [0.15, 0.2) is 36.4 Å². The van der Waals surface area contributed by atoms with Crippen LogP contribution in [0.1, 0.15) is 102 Å². The van der Waals surface area contributed by atoms with E-state index in [0.29, 0.717) is 5.75 Å². The molecule has 142 valence electrons. The molecular formula is C24H40O. The van der Waals surface area contributed by atoms with Crippen molar-refractivity contribution in [1.29, 1.82) is 0 Å². The number of phenolic OH excluding ortho intramolecular Hbond substituents is 1. The van der Waals surface area contributed by atoms with E-state index in [4.69, 9.17) is 0 Å². The van der Waals surface area contributed by atoms with Crippen molar-refractivity contribution in [2.75, 3.05) is 0 Å². The van der Waals surface area contributed by atoms with Crippen molar-refractivity contribution >= 4 is 0 Å². The Morgan fingerprint density at radius 3 is 1.80 bits per heavy atom. The Bertz CT molecular complexity index is 435. The molecule has 0 aliphatic heterocycles. The Morgan fingerprint density at radius 1 is 0.680 bits per heavy atom. The number of hydrogen-bond donors (Lipinski definition) is 1. The summed E-state index contributed by atoms with van der Waals surface area (Å²) in [6.45, 7) is 2.28. The number of para-hydroxylation sites is 1. The highest BCUT2D eigenvalue weighted by atomic mass is 16.3. The number of aryl methyl sites for hydroxylation is 1. The largest absolute Gasteiger partial charge is 0.508 e. The van der Waals surface area contributed by atoms with E-state index in [0.717, 1.165) is 12.0 Å². The maximum Gasteiger partial charge on any atom is 0.118 e. The summed E-state index contributed by atoms with van der Waals surface area (Å²) in [7, 11) is 0. The molecule has 0 atom stereocenters. The van der Waals surface area contributed by atoms with Crippen LogP contribution in [0, 0.1) is 0 Å². The van der Waals surface area contributed by atoms with Crippen LogP contribution < -0.4 is 0 Å². The molecule has 0 aliphatic carbocycles. The minimum Gasteiger partial charge on any atom is -0.508 e. The van der Waals surface area contributed by atoms with Crippen LogP contribution in [0.4, 0.5) is 0 Å². The molecule has 0 saturated carbocycles. The first kappa shape index (κ1) is 21.8. The van der Waals surface area contributed by atoms with E-state index in [2.05, 4.69) is 19.1 Å². The minimum atomic E-state index is 0.454. The molecule has 0 radical (unpaired) electrons. The fraction of sp³-hybridized carbons (Fsp3) is 0.667. The lowest BCUT2D eigenvalue weighted by atomic mass is 10.0. The van der Waals surface area contributed by atoms with Crippen LogP contribution in [0.5, 0.6) is 5.75 Å². The van der Waals surface area contributed by atoms with Crippen LogP contribution in [-0.4, -0.2) is 5.11 Å². The predicted molar refractivity (Wildman–Crippen MR) is 111 cm³/mol. The molecule has 1 N–H and O–H groups in total. The molecule has 0 bridgehead atoms. The minimum absolute atomic E-state index is 0.454. The molecule has 0 aliphatic rings. The first-order valence-electron chi connectivity index (χ1n) is 10.8. The third-order valence-electron chi connectivity index (χ3n) is 4.95. The summed E-state index contributed by atoms with van der Waals surface area (Å²) in [6, 6.07) is 7.72. The topological polar surface area (TPSA) is 20.2 Å². The van der Waals surface area contributed by atoms with Gasteiger partial charge in [0.2, 0.25) is 0 Å². The molecule has 0 spiro atoms. The standard InChI is InChI=1S/C24H40O/c1-2-3-4-5-6-7-8-9-10-11-12-13-14-15-16-17-20-23-21-18-19-22-24(23)25/h9-10,18-19,21-22,25H,2-8,11-17,20H2,1H3/b10-9-. The van der Waals surface area contributed by atoms with Gasteiger partial charge in [-0.2, -0.15) is 0 Å². The zero-order chi connectivity index (χ0) is 18.0. The summed E-state index contributed by atoms with van der Waals surface area (Å²) in [5, 5.41) is 9.73. The highest BCUT2D eigenvalue weighted by Crippen LogP contribution is 2.19. The Labute approximate surface area is 156 Å². The molecule has 1 nitrogen and oxygen atoms in total. The zero-order valence-corrected chi connectivity index (χ0v) is 16.5. The van der Waals surface area contributed by atoms with Crippen molar-refractivity contribution in [3.8, 4) is 5.75 Å². The molecule has 1 heteroatoms. The van der Waals surface area contributed by atoms with Crippen molar-refractivity contribution < 1.29 is 5.11 Å². The zero-order valence-electron chi connectivity index (χ0n) is 16.5. The Kier molecular flexibility index (Phi) is 14.2. The Balaban J connectivity index is 1.81.